The molecule has 2 aromatic rings. The van der Waals surface area contributed by atoms with Crippen molar-refractivity contribution >= 4 is 17.4 Å². The summed E-state index contributed by atoms with van der Waals surface area (Å²) in [4.78, 5) is 23.3. The Balaban J connectivity index is 1.80. The highest BCUT2D eigenvalue weighted by Gasteiger charge is 2.20. The van der Waals surface area contributed by atoms with Gasteiger partial charge >= 0.3 is 0 Å². The molecule has 3 N–H and O–H groups in total. The van der Waals surface area contributed by atoms with Gasteiger partial charge in [0.25, 0.3) is 0 Å². The molecule has 6 nitrogen and oxygen atoms in total. The van der Waals surface area contributed by atoms with Gasteiger partial charge in [-0.15, -0.1) is 0 Å². The number of rotatable bonds is 4. The van der Waals surface area contributed by atoms with Gasteiger partial charge < -0.3 is 16.0 Å². The number of nitrogens with two attached hydrogens (primary N) is 1. The SMILES string of the molecule is CNC1CCN(c2cccc(C(=O)c3cccnc3N)n2)CC1. The molecule has 2 aromatic heterocycles. The van der Waals surface area contributed by atoms with Crippen LogP contribution in [0.5, 0.6) is 0 Å². The first-order valence-electron chi connectivity index (χ1n) is 7.83. The standard InChI is InChI=1S/C17H21N5O/c1-19-12-7-10-22(11-8-12)15-6-2-5-14(21-15)16(23)13-4-3-9-20-17(13)18/h2-6,9,12,19H,7-8,10-11H2,1H3,(H2,18,20). The molecule has 1 aliphatic heterocycles. The third kappa shape index (κ3) is 3.32. The van der Waals surface area contributed by atoms with Crippen molar-refractivity contribution in [2.45, 2.75) is 18.9 Å². The van der Waals surface area contributed by atoms with Gasteiger partial charge in [0, 0.05) is 25.3 Å². The first kappa shape index (κ1) is 15.4. The Morgan fingerprint density at radius 3 is 2.74 bits per heavy atom. The minimum Gasteiger partial charge on any atom is -0.383 e. The fourth-order valence-corrected chi connectivity index (χ4v) is 2.87. The number of hydrogen-bond donors (Lipinski definition) is 2. The number of nitrogens with zero attached hydrogens (tertiary/aromatic N) is 3. The number of pyridine rings is 2. The van der Waals surface area contributed by atoms with Crippen LogP contribution in [0.4, 0.5) is 11.6 Å². The van der Waals surface area contributed by atoms with E-state index >= 15 is 0 Å². The van der Waals surface area contributed by atoms with Gasteiger partial charge in [-0.2, -0.15) is 0 Å². The molecule has 3 heterocycles. The van der Waals surface area contributed by atoms with E-state index in [9.17, 15) is 4.79 Å². The lowest BCUT2D eigenvalue weighted by Crippen LogP contribution is -2.41. The molecule has 0 atom stereocenters. The smallest absolute Gasteiger partial charge is 0.215 e. The summed E-state index contributed by atoms with van der Waals surface area (Å²) < 4.78 is 0. The van der Waals surface area contributed by atoms with Crippen LogP contribution in [-0.2, 0) is 0 Å². The molecule has 120 valence electrons. The number of piperidine rings is 1. The van der Waals surface area contributed by atoms with Gasteiger partial charge in [-0.05, 0) is 44.2 Å². The zero-order valence-corrected chi connectivity index (χ0v) is 13.2. The van der Waals surface area contributed by atoms with E-state index in [0.29, 0.717) is 17.3 Å². The van der Waals surface area contributed by atoms with E-state index in [4.69, 9.17) is 5.73 Å². The largest absolute Gasteiger partial charge is 0.383 e. The fourth-order valence-electron chi connectivity index (χ4n) is 2.87. The van der Waals surface area contributed by atoms with Gasteiger partial charge in [0.15, 0.2) is 0 Å². The van der Waals surface area contributed by atoms with Crippen LogP contribution in [0.15, 0.2) is 36.5 Å². The van der Waals surface area contributed by atoms with Crippen LogP contribution in [0.1, 0.15) is 28.9 Å². The van der Waals surface area contributed by atoms with Gasteiger partial charge in [0.05, 0.1) is 5.56 Å². The lowest BCUT2D eigenvalue weighted by molar-refractivity contribution is 0.103. The molecule has 1 aliphatic rings. The zero-order chi connectivity index (χ0) is 16.2. The number of nitrogen functional groups attached to an aromatic ring is 1. The van der Waals surface area contributed by atoms with E-state index in [2.05, 4.69) is 20.2 Å². The van der Waals surface area contributed by atoms with E-state index in [1.807, 2.05) is 19.2 Å². The normalized spacial score (nSPS) is 15.6. The predicted octanol–water partition coefficient (Wildman–Crippen LogP) is 1.48. The molecule has 0 amide bonds. The summed E-state index contributed by atoms with van der Waals surface area (Å²) in [5.41, 5.74) is 6.59. The maximum Gasteiger partial charge on any atom is 0.215 e. The van der Waals surface area contributed by atoms with Crippen molar-refractivity contribution in [3.05, 3.63) is 47.8 Å². The molecule has 3 rings (SSSR count). The molecule has 0 aromatic carbocycles. The van der Waals surface area contributed by atoms with E-state index in [-0.39, 0.29) is 11.6 Å². The number of carbonyl (C=O) groups is 1. The number of carbonyl (C=O) groups excluding carboxylic acids is 1. The van der Waals surface area contributed by atoms with Crippen LogP contribution in [-0.4, -0.2) is 41.9 Å². The van der Waals surface area contributed by atoms with Crippen molar-refractivity contribution in [2.24, 2.45) is 0 Å². The van der Waals surface area contributed by atoms with Crippen LogP contribution >= 0.6 is 0 Å². The molecule has 0 bridgehead atoms. The van der Waals surface area contributed by atoms with Crippen LogP contribution in [0.25, 0.3) is 0 Å². The van der Waals surface area contributed by atoms with Gasteiger partial charge in [0.2, 0.25) is 5.78 Å². The van der Waals surface area contributed by atoms with Gasteiger partial charge in [-0.3, -0.25) is 4.79 Å². The average molecular weight is 311 g/mol. The summed E-state index contributed by atoms with van der Waals surface area (Å²) in [7, 11) is 2.00. The predicted molar refractivity (Wildman–Crippen MR) is 90.6 cm³/mol. The molecule has 0 unspecified atom stereocenters. The summed E-state index contributed by atoms with van der Waals surface area (Å²) in [5, 5.41) is 3.31. The Kier molecular flexibility index (Phi) is 4.52. The highest BCUT2D eigenvalue weighted by atomic mass is 16.1. The third-order valence-corrected chi connectivity index (χ3v) is 4.28. The maximum absolute atomic E-state index is 12.6. The molecule has 23 heavy (non-hydrogen) atoms. The number of ketones is 1. The van der Waals surface area contributed by atoms with Crippen molar-refractivity contribution in [2.75, 3.05) is 30.8 Å². The molecular formula is C17H21N5O. The number of nitrogens with one attached hydrogen (secondary N) is 1. The summed E-state index contributed by atoms with van der Waals surface area (Å²) in [6.45, 7) is 1.87. The fraction of sp³-hybridized carbons (Fsp3) is 0.353. The topological polar surface area (TPSA) is 84.1 Å². The maximum atomic E-state index is 12.6. The molecule has 6 heteroatoms. The second-order valence-corrected chi connectivity index (χ2v) is 5.70. The van der Waals surface area contributed by atoms with E-state index in [0.717, 1.165) is 31.7 Å². The van der Waals surface area contributed by atoms with E-state index < -0.39 is 0 Å². The summed E-state index contributed by atoms with van der Waals surface area (Å²) in [6.07, 6.45) is 3.72. The third-order valence-electron chi connectivity index (χ3n) is 4.28. The monoisotopic (exact) mass is 311 g/mol. The summed E-state index contributed by atoms with van der Waals surface area (Å²) in [5.74, 6) is 0.884. The Hall–Kier alpha value is -2.47. The lowest BCUT2D eigenvalue weighted by Gasteiger charge is -2.32. The van der Waals surface area contributed by atoms with Gasteiger partial charge in [0.1, 0.15) is 17.3 Å². The molecule has 0 radical (unpaired) electrons. The van der Waals surface area contributed by atoms with E-state index in [1.54, 1.807) is 24.4 Å². The molecule has 0 spiro atoms. The molecule has 0 saturated carbocycles. The van der Waals surface area contributed by atoms with Crippen molar-refractivity contribution in [1.82, 2.24) is 15.3 Å². The zero-order valence-electron chi connectivity index (χ0n) is 13.2. The first-order chi connectivity index (χ1) is 11.2. The van der Waals surface area contributed by atoms with Crippen molar-refractivity contribution in [3.8, 4) is 0 Å². The Labute approximate surface area is 135 Å². The van der Waals surface area contributed by atoms with Gasteiger partial charge in [-0.25, -0.2) is 9.97 Å². The first-order valence-corrected chi connectivity index (χ1v) is 7.83. The molecule has 0 aliphatic carbocycles. The average Bonchev–Trinajstić information content (AvgIpc) is 2.62. The van der Waals surface area contributed by atoms with Crippen molar-refractivity contribution in [3.63, 3.8) is 0 Å². The minimum atomic E-state index is -0.192. The number of hydrogen-bond acceptors (Lipinski definition) is 6. The van der Waals surface area contributed by atoms with Crippen molar-refractivity contribution < 1.29 is 4.79 Å². The van der Waals surface area contributed by atoms with E-state index in [1.165, 1.54) is 0 Å². The minimum absolute atomic E-state index is 0.192. The Morgan fingerprint density at radius 1 is 1.26 bits per heavy atom. The van der Waals surface area contributed by atoms with Crippen molar-refractivity contribution in [1.29, 1.82) is 0 Å². The molecule has 1 fully saturated rings. The Morgan fingerprint density at radius 2 is 2.04 bits per heavy atom. The highest BCUT2D eigenvalue weighted by Crippen LogP contribution is 2.20. The number of aromatic nitrogens is 2. The summed E-state index contributed by atoms with van der Waals surface area (Å²) in [6, 6.07) is 9.48. The highest BCUT2D eigenvalue weighted by molar-refractivity contribution is 6.10. The van der Waals surface area contributed by atoms with Crippen LogP contribution in [0, 0.1) is 0 Å². The number of anilines is 2. The second-order valence-electron chi connectivity index (χ2n) is 5.70. The lowest BCUT2D eigenvalue weighted by atomic mass is 10.1. The van der Waals surface area contributed by atoms with Crippen LogP contribution in [0.2, 0.25) is 0 Å². The summed E-state index contributed by atoms with van der Waals surface area (Å²) >= 11 is 0. The van der Waals surface area contributed by atoms with Crippen LogP contribution < -0.4 is 16.0 Å². The quantitative estimate of drug-likeness (QED) is 0.832. The molecule has 1 saturated heterocycles. The van der Waals surface area contributed by atoms with Gasteiger partial charge in [-0.1, -0.05) is 6.07 Å². The molecular weight excluding hydrogens is 290 g/mol. The Bertz CT molecular complexity index is 695. The van der Waals surface area contributed by atoms with Crippen LogP contribution in [0.3, 0.4) is 0 Å². The second kappa shape index (κ2) is 6.75.